The Morgan fingerprint density at radius 2 is 1.32 bits per heavy atom. The SMILES string of the molecule is c1ccc2c(c1)Oc1ccccc1N2c1cnc(B2c3ccccc3-c3ccnc4cccc2c34)cn1. The Hall–Kier alpha value is -4.97. The van der Waals surface area contributed by atoms with E-state index in [2.05, 4.69) is 58.4 Å². The van der Waals surface area contributed by atoms with Gasteiger partial charge in [-0.1, -0.05) is 71.6 Å². The number of pyridine rings is 1. The van der Waals surface area contributed by atoms with E-state index in [1.807, 2.05) is 67.1 Å². The van der Waals surface area contributed by atoms with Crippen LogP contribution in [0.5, 0.6) is 11.5 Å². The van der Waals surface area contributed by atoms with E-state index in [1.54, 1.807) is 0 Å². The normalized spacial score (nSPS) is 13.0. The molecule has 0 amide bonds. The van der Waals surface area contributed by atoms with Gasteiger partial charge in [0.1, 0.15) is 0 Å². The van der Waals surface area contributed by atoms with Crippen molar-refractivity contribution in [1.29, 1.82) is 0 Å². The zero-order valence-electron chi connectivity index (χ0n) is 19.7. The molecule has 0 bridgehead atoms. The summed E-state index contributed by atoms with van der Waals surface area (Å²) >= 11 is 0. The third kappa shape index (κ3) is 2.96. The molecule has 4 heterocycles. The second-order valence-corrected chi connectivity index (χ2v) is 9.29. The van der Waals surface area contributed by atoms with Gasteiger partial charge in [0.05, 0.1) is 23.1 Å². The summed E-state index contributed by atoms with van der Waals surface area (Å²) in [4.78, 5) is 16.7. The van der Waals surface area contributed by atoms with Crippen LogP contribution in [0.15, 0.2) is 116 Å². The van der Waals surface area contributed by atoms with Crippen LogP contribution in [-0.4, -0.2) is 21.7 Å². The molecule has 0 saturated heterocycles. The molecule has 0 N–H and O–H groups in total. The number of hydrogen-bond acceptors (Lipinski definition) is 5. The fourth-order valence-corrected chi connectivity index (χ4v) is 5.73. The Labute approximate surface area is 214 Å². The van der Waals surface area contributed by atoms with Crippen molar-refractivity contribution < 1.29 is 4.74 Å². The van der Waals surface area contributed by atoms with Crippen LogP contribution in [0.3, 0.4) is 0 Å². The molecule has 172 valence electrons. The molecule has 0 fully saturated rings. The van der Waals surface area contributed by atoms with Crippen LogP contribution in [0.2, 0.25) is 0 Å². The number of hydrogen-bond donors (Lipinski definition) is 0. The van der Waals surface area contributed by atoms with Crippen LogP contribution in [0.1, 0.15) is 0 Å². The number of ether oxygens (including phenoxy) is 1. The maximum atomic E-state index is 6.16. The molecule has 0 radical (unpaired) electrons. The summed E-state index contributed by atoms with van der Waals surface area (Å²) in [6.45, 7) is -0.0255. The second-order valence-electron chi connectivity index (χ2n) is 9.29. The van der Waals surface area contributed by atoms with E-state index in [0.29, 0.717) is 0 Å². The van der Waals surface area contributed by atoms with Crippen molar-refractivity contribution in [2.75, 3.05) is 4.90 Å². The number of para-hydroxylation sites is 4. The Kier molecular flexibility index (Phi) is 4.25. The van der Waals surface area contributed by atoms with Gasteiger partial charge in [-0.15, -0.1) is 0 Å². The van der Waals surface area contributed by atoms with Crippen molar-refractivity contribution in [3.8, 4) is 22.6 Å². The zero-order valence-corrected chi connectivity index (χ0v) is 19.7. The molecular formula is C31H19BN4O. The van der Waals surface area contributed by atoms with E-state index < -0.39 is 0 Å². The quantitative estimate of drug-likeness (QED) is 0.327. The molecule has 4 aromatic carbocycles. The molecule has 0 saturated carbocycles. The van der Waals surface area contributed by atoms with E-state index in [4.69, 9.17) is 14.7 Å². The lowest BCUT2D eigenvalue weighted by atomic mass is 9.35. The molecule has 2 aliphatic rings. The minimum Gasteiger partial charge on any atom is -0.453 e. The molecule has 0 unspecified atom stereocenters. The van der Waals surface area contributed by atoms with Gasteiger partial charge in [0.25, 0.3) is 6.71 Å². The first-order valence-electron chi connectivity index (χ1n) is 12.3. The standard InChI is InChI=1S/C31H19BN4O/c1-2-9-22-20(8-1)21-16-17-33-24-11-7-10-23(31(21)24)32(22)29-18-35-30(19-34-29)36-25-12-3-5-14-27(25)37-28-15-6-4-13-26(28)36/h1-19H. The summed E-state index contributed by atoms with van der Waals surface area (Å²) in [5.41, 5.74) is 8.68. The van der Waals surface area contributed by atoms with Crippen LogP contribution in [0.25, 0.3) is 22.0 Å². The lowest BCUT2D eigenvalue weighted by molar-refractivity contribution is 0.476. The topological polar surface area (TPSA) is 51.1 Å². The van der Waals surface area contributed by atoms with Crippen LogP contribution in [0.4, 0.5) is 17.2 Å². The van der Waals surface area contributed by atoms with Gasteiger partial charge < -0.3 is 4.74 Å². The third-order valence-corrected chi connectivity index (χ3v) is 7.29. The first-order chi connectivity index (χ1) is 18.4. The fraction of sp³-hybridized carbons (Fsp3) is 0. The number of anilines is 3. The second kappa shape index (κ2) is 7.77. The molecule has 37 heavy (non-hydrogen) atoms. The molecule has 2 aliphatic heterocycles. The van der Waals surface area contributed by atoms with Gasteiger partial charge in [0, 0.05) is 23.4 Å². The van der Waals surface area contributed by atoms with Gasteiger partial charge in [0.15, 0.2) is 17.3 Å². The number of fused-ring (bicyclic) bond motifs is 4. The smallest absolute Gasteiger partial charge is 0.268 e. The van der Waals surface area contributed by atoms with Crippen LogP contribution < -0.4 is 26.2 Å². The minimum atomic E-state index is -0.0255. The molecule has 6 aromatic rings. The lowest BCUT2D eigenvalue weighted by Gasteiger charge is -2.32. The van der Waals surface area contributed by atoms with Crippen LogP contribution >= 0.6 is 0 Å². The Morgan fingerprint density at radius 3 is 2.11 bits per heavy atom. The van der Waals surface area contributed by atoms with Crippen molar-refractivity contribution in [2.24, 2.45) is 0 Å². The first-order valence-corrected chi connectivity index (χ1v) is 12.3. The average Bonchev–Trinajstić information content (AvgIpc) is 2.96. The summed E-state index contributed by atoms with van der Waals surface area (Å²) in [5, 5.41) is 1.19. The summed E-state index contributed by atoms with van der Waals surface area (Å²) in [5.74, 6) is 2.34. The molecule has 0 aliphatic carbocycles. The van der Waals surface area contributed by atoms with Crippen molar-refractivity contribution in [1.82, 2.24) is 15.0 Å². The van der Waals surface area contributed by atoms with Crippen molar-refractivity contribution in [2.45, 2.75) is 0 Å². The monoisotopic (exact) mass is 474 g/mol. The molecule has 6 heteroatoms. The molecule has 2 aromatic heterocycles. The van der Waals surface area contributed by atoms with E-state index in [9.17, 15) is 0 Å². The molecule has 5 nitrogen and oxygen atoms in total. The fourth-order valence-electron chi connectivity index (χ4n) is 5.73. The average molecular weight is 474 g/mol. The highest BCUT2D eigenvalue weighted by molar-refractivity contribution is 6.98. The molecule has 0 spiro atoms. The van der Waals surface area contributed by atoms with E-state index in [1.165, 1.54) is 27.4 Å². The summed E-state index contributed by atoms with van der Waals surface area (Å²) in [7, 11) is 0. The summed E-state index contributed by atoms with van der Waals surface area (Å²) in [6.07, 6.45) is 5.68. The zero-order chi connectivity index (χ0) is 24.3. The molecule has 0 atom stereocenters. The Morgan fingerprint density at radius 1 is 0.595 bits per heavy atom. The van der Waals surface area contributed by atoms with Gasteiger partial charge in [-0.25, -0.2) is 4.98 Å². The van der Waals surface area contributed by atoms with Crippen LogP contribution in [0, 0.1) is 0 Å². The highest BCUT2D eigenvalue weighted by Crippen LogP contribution is 2.49. The molecule has 8 rings (SSSR count). The predicted molar refractivity (Wildman–Crippen MR) is 149 cm³/mol. The van der Waals surface area contributed by atoms with Gasteiger partial charge >= 0.3 is 0 Å². The van der Waals surface area contributed by atoms with E-state index in [0.717, 1.165) is 39.8 Å². The lowest BCUT2D eigenvalue weighted by Crippen LogP contribution is -2.56. The number of benzene rings is 4. The number of aromatic nitrogens is 3. The van der Waals surface area contributed by atoms with Gasteiger partial charge in [-0.3, -0.25) is 14.9 Å². The predicted octanol–water partition coefficient (Wildman–Crippen LogP) is 5.10. The van der Waals surface area contributed by atoms with Gasteiger partial charge in [-0.05, 0) is 47.5 Å². The maximum Gasteiger partial charge on any atom is 0.268 e. The van der Waals surface area contributed by atoms with Crippen LogP contribution in [-0.2, 0) is 0 Å². The van der Waals surface area contributed by atoms with Crippen molar-refractivity contribution in [3.63, 3.8) is 0 Å². The Bertz CT molecular complexity index is 1790. The molecular weight excluding hydrogens is 455 g/mol. The highest BCUT2D eigenvalue weighted by atomic mass is 16.5. The Balaban J connectivity index is 1.29. The summed E-state index contributed by atoms with van der Waals surface area (Å²) < 4.78 is 6.16. The van der Waals surface area contributed by atoms with E-state index >= 15 is 0 Å². The first kappa shape index (κ1) is 20.2. The third-order valence-electron chi connectivity index (χ3n) is 7.29. The largest absolute Gasteiger partial charge is 0.453 e. The highest BCUT2D eigenvalue weighted by Gasteiger charge is 2.33. The minimum absolute atomic E-state index is 0.0255. The van der Waals surface area contributed by atoms with E-state index in [-0.39, 0.29) is 6.71 Å². The number of rotatable bonds is 2. The van der Waals surface area contributed by atoms with Crippen molar-refractivity contribution in [3.05, 3.63) is 116 Å². The van der Waals surface area contributed by atoms with Crippen molar-refractivity contribution >= 4 is 51.3 Å². The maximum absolute atomic E-state index is 6.16. The van der Waals surface area contributed by atoms with Gasteiger partial charge in [-0.2, -0.15) is 0 Å². The number of nitrogens with zero attached hydrogens (tertiary/aromatic N) is 4. The summed E-state index contributed by atoms with van der Waals surface area (Å²) in [6, 6.07) is 33.1. The van der Waals surface area contributed by atoms with Gasteiger partial charge in [0.2, 0.25) is 0 Å².